The molecule has 0 saturated heterocycles. The molecule has 0 aromatic heterocycles. The summed E-state index contributed by atoms with van der Waals surface area (Å²) in [6.45, 7) is 0. The van der Waals surface area contributed by atoms with E-state index in [-0.39, 0.29) is 5.41 Å². The van der Waals surface area contributed by atoms with Gasteiger partial charge in [-0.15, -0.1) is 0 Å². The molecule has 2 aromatic carbocycles. The Kier molecular flexibility index (Phi) is 3.11. The molecule has 0 bridgehead atoms. The first kappa shape index (κ1) is 13.1. The fraction of sp³-hybridized carbons (Fsp3) is 0.400. The summed E-state index contributed by atoms with van der Waals surface area (Å²) in [5.74, 6) is 1.34. The summed E-state index contributed by atoms with van der Waals surface area (Å²) in [6.07, 6.45) is 5.11. The van der Waals surface area contributed by atoms with Crippen molar-refractivity contribution >= 4 is 0 Å². The van der Waals surface area contributed by atoms with Gasteiger partial charge in [0.15, 0.2) is 0 Å². The summed E-state index contributed by atoms with van der Waals surface area (Å²) in [7, 11) is 0. The smallest absolute Gasteiger partial charge is 0.0171 e. The molecule has 108 valence electrons. The third-order valence-corrected chi connectivity index (χ3v) is 5.76. The van der Waals surface area contributed by atoms with Crippen LogP contribution in [0.2, 0.25) is 0 Å². The van der Waals surface area contributed by atoms with Crippen LogP contribution >= 0.6 is 0 Å². The molecule has 4 rings (SSSR count). The lowest BCUT2D eigenvalue weighted by atomic mass is 9.59. The third-order valence-electron chi connectivity index (χ3n) is 5.76. The van der Waals surface area contributed by atoms with E-state index in [1.165, 1.54) is 36.8 Å². The first-order chi connectivity index (χ1) is 10.3. The molecule has 2 N–H and O–H groups in total. The Morgan fingerprint density at radius 3 is 2.10 bits per heavy atom. The van der Waals surface area contributed by atoms with Gasteiger partial charge in [-0.2, -0.15) is 0 Å². The zero-order chi connectivity index (χ0) is 14.3. The van der Waals surface area contributed by atoms with Crippen LogP contribution in [-0.4, -0.2) is 6.04 Å². The second-order valence-electron chi connectivity index (χ2n) is 6.82. The maximum Gasteiger partial charge on any atom is 0.0171 e. The normalized spacial score (nSPS) is 27.7. The second kappa shape index (κ2) is 4.99. The van der Waals surface area contributed by atoms with E-state index in [0.29, 0.717) is 17.9 Å². The number of nitrogens with two attached hydrogens (primary N) is 1. The van der Waals surface area contributed by atoms with E-state index in [4.69, 9.17) is 5.73 Å². The van der Waals surface area contributed by atoms with E-state index in [9.17, 15) is 0 Å². The average molecular weight is 277 g/mol. The van der Waals surface area contributed by atoms with Gasteiger partial charge in [0.05, 0.1) is 0 Å². The predicted octanol–water partition coefficient (Wildman–Crippen LogP) is 4.24. The van der Waals surface area contributed by atoms with E-state index < -0.39 is 0 Å². The zero-order valence-corrected chi connectivity index (χ0v) is 12.4. The first-order valence-corrected chi connectivity index (χ1v) is 8.17. The Hall–Kier alpha value is -1.60. The van der Waals surface area contributed by atoms with Gasteiger partial charge in [0, 0.05) is 11.5 Å². The summed E-state index contributed by atoms with van der Waals surface area (Å²) in [5, 5.41) is 0. The molecule has 3 atom stereocenters. The number of rotatable bonds is 4. The minimum Gasteiger partial charge on any atom is -0.327 e. The molecular weight excluding hydrogens is 254 g/mol. The lowest BCUT2D eigenvalue weighted by Gasteiger charge is -2.47. The lowest BCUT2D eigenvalue weighted by Crippen LogP contribution is -2.51. The van der Waals surface area contributed by atoms with Gasteiger partial charge >= 0.3 is 0 Å². The van der Waals surface area contributed by atoms with Gasteiger partial charge in [-0.1, -0.05) is 67.1 Å². The molecule has 1 nitrogen and oxygen atoms in total. The van der Waals surface area contributed by atoms with Crippen LogP contribution in [0.5, 0.6) is 0 Å². The Bertz CT molecular complexity index is 600. The highest BCUT2D eigenvalue weighted by Crippen LogP contribution is 2.57. The van der Waals surface area contributed by atoms with E-state index in [2.05, 4.69) is 60.7 Å². The van der Waals surface area contributed by atoms with Crippen molar-refractivity contribution in [2.24, 2.45) is 11.7 Å². The monoisotopic (exact) mass is 277 g/mol. The largest absolute Gasteiger partial charge is 0.327 e. The molecule has 2 aromatic rings. The van der Waals surface area contributed by atoms with Crippen molar-refractivity contribution in [3.63, 3.8) is 0 Å². The van der Waals surface area contributed by atoms with Crippen LogP contribution in [0.15, 0.2) is 60.7 Å². The van der Waals surface area contributed by atoms with Gasteiger partial charge in [0.25, 0.3) is 0 Å². The molecule has 2 aliphatic rings. The third kappa shape index (κ3) is 2.11. The number of benzene rings is 2. The van der Waals surface area contributed by atoms with Crippen molar-refractivity contribution in [3.05, 3.63) is 71.8 Å². The highest BCUT2D eigenvalue weighted by Gasteiger charge is 2.53. The summed E-state index contributed by atoms with van der Waals surface area (Å²) < 4.78 is 0. The molecule has 2 fully saturated rings. The van der Waals surface area contributed by atoms with Gasteiger partial charge in [0.2, 0.25) is 0 Å². The van der Waals surface area contributed by atoms with Gasteiger partial charge in [0.1, 0.15) is 0 Å². The highest BCUT2D eigenvalue weighted by molar-refractivity contribution is 5.34. The fourth-order valence-electron chi connectivity index (χ4n) is 4.25. The van der Waals surface area contributed by atoms with Gasteiger partial charge in [-0.3, -0.25) is 0 Å². The van der Waals surface area contributed by atoms with Crippen molar-refractivity contribution in [2.75, 3.05) is 0 Å². The topological polar surface area (TPSA) is 26.0 Å². The van der Waals surface area contributed by atoms with Crippen molar-refractivity contribution in [1.82, 2.24) is 0 Å². The molecule has 0 aliphatic heterocycles. The lowest BCUT2D eigenvalue weighted by molar-refractivity contribution is 0.179. The Labute approximate surface area is 127 Å². The summed E-state index contributed by atoms with van der Waals surface area (Å²) in [6, 6.07) is 22.2. The van der Waals surface area contributed by atoms with Crippen LogP contribution < -0.4 is 5.73 Å². The van der Waals surface area contributed by atoms with Crippen LogP contribution in [-0.2, 0) is 5.41 Å². The molecule has 0 heterocycles. The Morgan fingerprint density at radius 1 is 0.905 bits per heavy atom. The minimum atomic E-state index is 0.245. The molecule has 2 saturated carbocycles. The first-order valence-electron chi connectivity index (χ1n) is 8.17. The van der Waals surface area contributed by atoms with E-state index in [1.54, 1.807) is 0 Å². The maximum absolute atomic E-state index is 6.78. The standard InChI is InChI=1S/C20H23N/c21-19(18-14-17(18)15-8-3-1-4-9-15)20(12-7-13-20)16-10-5-2-6-11-16/h1-6,8-11,17-19H,7,12-14,21H2. The van der Waals surface area contributed by atoms with Crippen molar-refractivity contribution in [1.29, 1.82) is 0 Å². The van der Waals surface area contributed by atoms with Gasteiger partial charge in [-0.25, -0.2) is 0 Å². The van der Waals surface area contributed by atoms with Gasteiger partial charge in [-0.05, 0) is 42.2 Å². The van der Waals surface area contributed by atoms with Crippen LogP contribution in [0.4, 0.5) is 0 Å². The van der Waals surface area contributed by atoms with Crippen molar-refractivity contribution in [2.45, 2.75) is 43.1 Å². The molecule has 3 unspecified atom stereocenters. The highest BCUT2D eigenvalue weighted by atomic mass is 14.8. The maximum atomic E-state index is 6.78. The fourth-order valence-corrected chi connectivity index (χ4v) is 4.25. The van der Waals surface area contributed by atoms with Gasteiger partial charge < -0.3 is 5.73 Å². The van der Waals surface area contributed by atoms with E-state index in [1.807, 2.05) is 0 Å². The number of hydrogen-bond donors (Lipinski definition) is 1. The van der Waals surface area contributed by atoms with Crippen LogP contribution in [0.3, 0.4) is 0 Å². The molecule has 2 aliphatic carbocycles. The SMILES string of the molecule is NC(C1CC1c1ccccc1)C1(c2ccccc2)CCC1. The molecule has 0 amide bonds. The average Bonchev–Trinajstić information content (AvgIpc) is 3.28. The molecule has 1 heteroatoms. The number of hydrogen-bond acceptors (Lipinski definition) is 1. The van der Waals surface area contributed by atoms with Crippen molar-refractivity contribution in [3.8, 4) is 0 Å². The van der Waals surface area contributed by atoms with Crippen LogP contribution in [0, 0.1) is 5.92 Å². The van der Waals surface area contributed by atoms with Crippen LogP contribution in [0.25, 0.3) is 0 Å². The molecule has 21 heavy (non-hydrogen) atoms. The molecule has 0 spiro atoms. The zero-order valence-electron chi connectivity index (χ0n) is 12.4. The van der Waals surface area contributed by atoms with E-state index >= 15 is 0 Å². The summed E-state index contributed by atoms with van der Waals surface area (Å²) in [5.41, 5.74) is 9.96. The molecular formula is C20H23N. The quantitative estimate of drug-likeness (QED) is 0.888. The Morgan fingerprint density at radius 2 is 1.52 bits per heavy atom. The second-order valence-corrected chi connectivity index (χ2v) is 6.82. The van der Waals surface area contributed by atoms with E-state index in [0.717, 1.165) is 0 Å². The summed E-state index contributed by atoms with van der Waals surface area (Å²) >= 11 is 0. The van der Waals surface area contributed by atoms with Crippen molar-refractivity contribution < 1.29 is 0 Å². The Balaban J connectivity index is 1.56. The predicted molar refractivity (Wildman–Crippen MR) is 87.2 cm³/mol. The summed E-state index contributed by atoms with van der Waals surface area (Å²) in [4.78, 5) is 0. The van der Waals surface area contributed by atoms with Crippen LogP contribution in [0.1, 0.15) is 42.7 Å². The minimum absolute atomic E-state index is 0.245. The molecule has 0 radical (unpaired) electrons.